The number of hydrogen-bond donors (Lipinski definition) is 1. The van der Waals surface area contributed by atoms with Gasteiger partial charge < -0.3 is 14.8 Å². The van der Waals surface area contributed by atoms with Crippen molar-refractivity contribution in [2.45, 2.75) is 30.1 Å². The van der Waals surface area contributed by atoms with Crippen LogP contribution in [0.1, 0.15) is 12.0 Å². The van der Waals surface area contributed by atoms with Crippen molar-refractivity contribution in [3.05, 3.63) is 64.7 Å². The topological polar surface area (TPSA) is 84.9 Å². The molecule has 0 spiro atoms. The summed E-state index contributed by atoms with van der Waals surface area (Å²) in [7, 11) is -1.94. The lowest BCUT2D eigenvalue weighted by molar-refractivity contribution is -0.126. The first-order valence-corrected chi connectivity index (χ1v) is 11.8. The van der Waals surface area contributed by atoms with E-state index in [4.69, 9.17) is 21.1 Å². The number of carbonyl (C=O) groups excluding carboxylic acids is 1. The molecule has 3 rings (SSSR count). The summed E-state index contributed by atoms with van der Waals surface area (Å²) < 4.78 is 78.1. The van der Waals surface area contributed by atoms with Gasteiger partial charge >= 0.3 is 6.18 Å². The summed E-state index contributed by atoms with van der Waals surface area (Å²) in [4.78, 5) is 12.6. The quantitative estimate of drug-likeness (QED) is 0.562. The summed E-state index contributed by atoms with van der Waals surface area (Å²) in [6, 6.07) is 9.17. The molecule has 0 aromatic heterocycles. The van der Waals surface area contributed by atoms with Gasteiger partial charge in [-0.25, -0.2) is 8.42 Å². The van der Waals surface area contributed by atoms with Gasteiger partial charge in [0, 0.05) is 29.2 Å². The lowest BCUT2D eigenvalue weighted by Gasteiger charge is -2.34. The molecule has 1 unspecified atom stereocenters. The Bertz CT molecular complexity index is 1200. The smallest absolute Gasteiger partial charge is 0.413 e. The molecule has 1 aliphatic rings. The van der Waals surface area contributed by atoms with Gasteiger partial charge in [-0.1, -0.05) is 35.9 Å². The predicted molar refractivity (Wildman–Crippen MR) is 119 cm³/mol. The lowest BCUT2D eigenvalue weighted by atomic mass is 10.0. The van der Waals surface area contributed by atoms with E-state index in [-0.39, 0.29) is 17.3 Å². The molecule has 0 saturated carbocycles. The number of amides is 1. The highest BCUT2D eigenvalue weighted by atomic mass is 35.5. The molecule has 0 saturated heterocycles. The van der Waals surface area contributed by atoms with Gasteiger partial charge in [0.05, 0.1) is 14.2 Å². The van der Waals surface area contributed by atoms with Gasteiger partial charge in [-0.05, 0) is 30.7 Å². The van der Waals surface area contributed by atoms with Crippen molar-refractivity contribution < 1.29 is 35.9 Å². The van der Waals surface area contributed by atoms with Gasteiger partial charge in [-0.2, -0.15) is 17.5 Å². The number of hydrogen-bond acceptors (Lipinski definition) is 5. The maximum atomic E-state index is 13.5. The molecule has 0 bridgehead atoms. The minimum Gasteiger partial charge on any atom is -0.496 e. The molecule has 1 amide bonds. The first-order valence-electron chi connectivity index (χ1n) is 10.00. The standard InChI is InChI=1S/C22H22ClF3N2O5S/c1-32-18-6-4-3-5-14(18)12-27-21(29)17-9-7-15(22(24,25)26)13-28(17)34(30,31)20-11-16(23)8-10-19(20)33-2/h3-8,10-11,17H,9,12-13H2,1-2H3,(H,27,29). The minimum absolute atomic E-state index is 0.0104. The summed E-state index contributed by atoms with van der Waals surface area (Å²) in [5.41, 5.74) is -0.447. The van der Waals surface area contributed by atoms with Gasteiger partial charge in [-0.3, -0.25) is 4.79 Å². The fourth-order valence-corrected chi connectivity index (χ4v) is 5.53. The molecule has 0 aliphatic carbocycles. The molecule has 12 heteroatoms. The summed E-state index contributed by atoms with van der Waals surface area (Å²) in [5, 5.41) is 2.64. The summed E-state index contributed by atoms with van der Waals surface area (Å²) >= 11 is 5.94. The average molecular weight is 519 g/mol. The van der Waals surface area contributed by atoms with Crippen LogP contribution in [0.5, 0.6) is 11.5 Å². The second kappa shape index (κ2) is 10.2. The Morgan fingerprint density at radius 1 is 1.15 bits per heavy atom. The summed E-state index contributed by atoms with van der Waals surface area (Å²) in [5.74, 6) is -0.368. The highest BCUT2D eigenvalue weighted by Gasteiger charge is 2.45. The van der Waals surface area contributed by atoms with Crippen LogP contribution < -0.4 is 14.8 Å². The van der Waals surface area contributed by atoms with Crippen molar-refractivity contribution in [2.24, 2.45) is 0 Å². The highest BCUT2D eigenvalue weighted by Crippen LogP contribution is 2.36. The van der Waals surface area contributed by atoms with E-state index in [0.717, 1.165) is 12.1 Å². The van der Waals surface area contributed by atoms with Crippen molar-refractivity contribution in [3.8, 4) is 11.5 Å². The average Bonchev–Trinajstić information content (AvgIpc) is 2.81. The SMILES string of the molecule is COc1ccccc1CNC(=O)C1CC=C(C(F)(F)F)CN1S(=O)(=O)c1cc(Cl)ccc1OC. The van der Waals surface area contributed by atoms with Crippen molar-refractivity contribution >= 4 is 27.5 Å². The molecule has 2 aromatic rings. The maximum Gasteiger partial charge on any atom is 0.413 e. The number of sulfonamides is 1. The minimum atomic E-state index is -4.76. The molecule has 1 aliphatic heterocycles. The molecule has 34 heavy (non-hydrogen) atoms. The molecule has 1 N–H and O–H groups in total. The van der Waals surface area contributed by atoms with E-state index in [2.05, 4.69) is 5.32 Å². The molecule has 7 nitrogen and oxygen atoms in total. The Morgan fingerprint density at radius 3 is 2.47 bits per heavy atom. The Kier molecular flexibility index (Phi) is 7.79. The van der Waals surface area contributed by atoms with E-state index < -0.39 is 51.6 Å². The van der Waals surface area contributed by atoms with Gasteiger partial charge in [0.25, 0.3) is 0 Å². The molecule has 184 valence electrons. The van der Waals surface area contributed by atoms with Crippen LogP contribution >= 0.6 is 11.6 Å². The Labute approximate surface area is 200 Å². The lowest BCUT2D eigenvalue weighted by Crippen LogP contribution is -2.52. The monoisotopic (exact) mass is 518 g/mol. The van der Waals surface area contributed by atoms with Gasteiger partial charge in [-0.15, -0.1) is 0 Å². The van der Waals surface area contributed by atoms with Gasteiger partial charge in [0.1, 0.15) is 22.4 Å². The van der Waals surface area contributed by atoms with Crippen LogP contribution in [0.4, 0.5) is 13.2 Å². The Hall–Kier alpha value is -2.76. The molecule has 0 radical (unpaired) electrons. The maximum absolute atomic E-state index is 13.5. The third kappa shape index (κ3) is 5.48. The van der Waals surface area contributed by atoms with E-state index in [1.54, 1.807) is 24.3 Å². The molecule has 1 heterocycles. The van der Waals surface area contributed by atoms with Crippen molar-refractivity contribution in [1.29, 1.82) is 0 Å². The number of carbonyl (C=O) groups is 1. The first kappa shape index (κ1) is 25.9. The summed E-state index contributed by atoms with van der Waals surface area (Å²) in [6.07, 6.45) is -4.38. The van der Waals surface area contributed by atoms with Crippen LogP contribution in [0.2, 0.25) is 5.02 Å². The molecular weight excluding hydrogens is 497 g/mol. The van der Waals surface area contributed by atoms with E-state index in [1.165, 1.54) is 26.4 Å². The van der Waals surface area contributed by atoms with Crippen LogP contribution in [-0.4, -0.2) is 51.6 Å². The molecule has 2 aromatic carbocycles. The summed E-state index contributed by atoms with van der Waals surface area (Å²) in [6.45, 7) is -1.04. The van der Waals surface area contributed by atoms with Crippen LogP contribution in [0.3, 0.4) is 0 Å². The zero-order valence-corrected chi connectivity index (χ0v) is 19.8. The highest BCUT2D eigenvalue weighted by molar-refractivity contribution is 7.89. The van der Waals surface area contributed by atoms with Gasteiger partial charge in [0.15, 0.2) is 0 Å². The van der Waals surface area contributed by atoms with E-state index in [0.29, 0.717) is 15.6 Å². The van der Waals surface area contributed by atoms with Crippen LogP contribution in [-0.2, 0) is 21.4 Å². The van der Waals surface area contributed by atoms with Crippen molar-refractivity contribution in [2.75, 3.05) is 20.8 Å². The number of ether oxygens (including phenoxy) is 2. The Morgan fingerprint density at radius 2 is 1.82 bits per heavy atom. The zero-order valence-electron chi connectivity index (χ0n) is 18.2. The number of rotatable bonds is 7. The predicted octanol–water partition coefficient (Wildman–Crippen LogP) is 3.93. The molecule has 0 fully saturated rings. The number of alkyl halides is 3. The Balaban J connectivity index is 1.97. The number of halogens is 4. The third-order valence-corrected chi connectivity index (χ3v) is 7.40. The first-order chi connectivity index (χ1) is 16.0. The van der Waals surface area contributed by atoms with Crippen LogP contribution in [0, 0.1) is 0 Å². The fraction of sp³-hybridized carbons (Fsp3) is 0.318. The van der Waals surface area contributed by atoms with Crippen LogP contribution in [0.25, 0.3) is 0 Å². The van der Waals surface area contributed by atoms with E-state index in [1.807, 2.05) is 0 Å². The van der Waals surface area contributed by atoms with Gasteiger partial charge in [0.2, 0.25) is 15.9 Å². The second-order valence-electron chi connectivity index (χ2n) is 7.35. The number of benzene rings is 2. The largest absolute Gasteiger partial charge is 0.496 e. The zero-order chi connectivity index (χ0) is 25.1. The van der Waals surface area contributed by atoms with Crippen molar-refractivity contribution in [1.82, 2.24) is 9.62 Å². The molecule has 1 atom stereocenters. The number of methoxy groups -OCH3 is 2. The normalized spacial score (nSPS) is 17.1. The third-order valence-electron chi connectivity index (χ3n) is 5.29. The van der Waals surface area contributed by atoms with E-state index >= 15 is 0 Å². The fourth-order valence-electron chi connectivity index (χ4n) is 3.54. The second-order valence-corrected chi connectivity index (χ2v) is 9.65. The molecular formula is C22H22ClF3N2O5S. The van der Waals surface area contributed by atoms with E-state index in [9.17, 15) is 26.4 Å². The number of nitrogens with one attached hydrogen (secondary N) is 1. The number of nitrogens with zero attached hydrogens (tertiary/aromatic N) is 1. The van der Waals surface area contributed by atoms with Crippen LogP contribution in [0.15, 0.2) is 59.0 Å². The number of para-hydroxylation sites is 1. The van der Waals surface area contributed by atoms with Crippen molar-refractivity contribution in [3.63, 3.8) is 0 Å².